The quantitative estimate of drug-likeness (QED) is 0.604. The highest BCUT2D eigenvalue weighted by Gasteiger charge is 2.24. The number of nitrogen functional groups attached to an aromatic ring is 1. The van der Waals surface area contributed by atoms with Gasteiger partial charge >= 0.3 is 0 Å². The molecule has 0 bridgehead atoms. The fourth-order valence-electron chi connectivity index (χ4n) is 1.63. The fourth-order valence-corrected chi connectivity index (χ4v) is 1.63. The van der Waals surface area contributed by atoms with Crippen molar-refractivity contribution in [2.24, 2.45) is 11.8 Å². The number of hydrogen-bond acceptors (Lipinski definition) is 4. The Bertz CT molecular complexity index is 377. The molecule has 0 amide bonds. The molecule has 3 N–H and O–H groups in total. The Kier molecular flexibility index (Phi) is 2.84. The van der Waals surface area contributed by atoms with Gasteiger partial charge in [-0.2, -0.15) is 0 Å². The van der Waals surface area contributed by atoms with Crippen LogP contribution >= 0.6 is 0 Å². The van der Waals surface area contributed by atoms with Crippen LogP contribution in [-0.4, -0.2) is 9.97 Å². The maximum Gasteiger partial charge on any atom is 0.143 e. The van der Waals surface area contributed by atoms with E-state index in [1.54, 1.807) is 0 Å². The first-order valence-electron chi connectivity index (χ1n) is 5.84. The van der Waals surface area contributed by atoms with Crippen molar-refractivity contribution in [2.75, 3.05) is 5.43 Å². The Hall–Kier alpha value is -1.16. The zero-order valence-corrected chi connectivity index (χ0v) is 10.2. The average molecular weight is 220 g/mol. The lowest BCUT2D eigenvalue weighted by atomic mass is 9.92. The van der Waals surface area contributed by atoms with Crippen molar-refractivity contribution in [2.45, 2.75) is 45.4 Å². The van der Waals surface area contributed by atoms with E-state index < -0.39 is 0 Å². The van der Waals surface area contributed by atoms with E-state index in [0.29, 0.717) is 0 Å². The molecule has 1 saturated carbocycles. The first-order valence-corrected chi connectivity index (χ1v) is 5.84. The number of anilines is 1. The summed E-state index contributed by atoms with van der Waals surface area (Å²) in [6.07, 6.45) is 3.61. The second-order valence-electron chi connectivity index (χ2n) is 5.60. The van der Waals surface area contributed by atoms with E-state index in [1.165, 1.54) is 12.8 Å². The van der Waals surface area contributed by atoms with Crippen LogP contribution in [-0.2, 0) is 11.8 Å². The number of hydrogen-bond donors (Lipinski definition) is 2. The lowest BCUT2D eigenvalue weighted by Crippen LogP contribution is -2.18. The lowest BCUT2D eigenvalue weighted by molar-refractivity contribution is 0.560. The Balaban J connectivity index is 2.29. The molecule has 1 aromatic rings. The number of rotatable bonds is 3. The van der Waals surface area contributed by atoms with Crippen LogP contribution in [0.15, 0.2) is 6.07 Å². The first kappa shape index (κ1) is 11.3. The second kappa shape index (κ2) is 4.01. The molecule has 0 aromatic carbocycles. The molecule has 88 valence electrons. The van der Waals surface area contributed by atoms with Crippen LogP contribution in [0, 0.1) is 5.92 Å². The summed E-state index contributed by atoms with van der Waals surface area (Å²) >= 11 is 0. The predicted molar refractivity (Wildman–Crippen MR) is 65.0 cm³/mol. The van der Waals surface area contributed by atoms with E-state index in [1.807, 2.05) is 6.07 Å². The molecular weight excluding hydrogens is 200 g/mol. The molecule has 4 nitrogen and oxygen atoms in total. The molecule has 4 heteroatoms. The topological polar surface area (TPSA) is 63.8 Å². The number of aromatic nitrogens is 2. The lowest BCUT2D eigenvalue weighted by Gasteiger charge is -2.19. The minimum Gasteiger partial charge on any atom is -0.308 e. The Morgan fingerprint density at radius 1 is 1.38 bits per heavy atom. The van der Waals surface area contributed by atoms with Gasteiger partial charge in [-0.25, -0.2) is 15.8 Å². The maximum absolute atomic E-state index is 5.44. The van der Waals surface area contributed by atoms with Crippen molar-refractivity contribution >= 4 is 5.82 Å². The molecule has 1 aromatic heterocycles. The zero-order valence-electron chi connectivity index (χ0n) is 10.2. The highest BCUT2D eigenvalue weighted by molar-refractivity contribution is 5.36. The third kappa shape index (κ3) is 2.70. The van der Waals surface area contributed by atoms with Gasteiger partial charge in [0.25, 0.3) is 0 Å². The van der Waals surface area contributed by atoms with E-state index in [9.17, 15) is 0 Å². The molecule has 1 aliphatic carbocycles. The molecule has 0 atom stereocenters. The van der Waals surface area contributed by atoms with Gasteiger partial charge in [0.05, 0.1) is 5.69 Å². The highest BCUT2D eigenvalue weighted by Crippen LogP contribution is 2.32. The van der Waals surface area contributed by atoms with E-state index in [2.05, 4.69) is 36.2 Å². The SMILES string of the molecule is CC(C)(C)c1cc(NN)nc(CC2CC2)n1. The van der Waals surface area contributed by atoms with Gasteiger partial charge in [-0.1, -0.05) is 20.8 Å². The Labute approximate surface area is 96.6 Å². The van der Waals surface area contributed by atoms with Gasteiger partial charge in [0, 0.05) is 17.9 Å². The van der Waals surface area contributed by atoms with Gasteiger partial charge in [0.1, 0.15) is 11.6 Å². The summed E-state index contributed by atoms with van der Waals surface area (Å²) < 4.78 is 0. The van der Waals surface area contributed by atoms with Crippen molar-refractivity contribution in [1.82, 2.24) is 9.97 Å². The largest absolute Gasteiger partial charge is 0.308 e. The van der Waals surface area contributed by atoms with E-state index in [-0.39, 0.29) is 5.41 Å². The Morgan fingerprint density at radius 2 is 2.06 bits per heavy atom. The summed E-state index contributed by atoms with van der Waals surface area (Å²) in [6, 6.07) is 1.93. The minimum atomic E-state index is 0.0346. The number of hydrazine groups is 1. The van der Waals surface area contributed by atoms with Crippen LogP contribution in [0.3, 0.4) is 0 Å². The molecule has 1 heterocycles. The van der Waals surface area contributed by atoms with Crippen LogP contribution < -0.4 is 11.3 Å². The van der Waals surface area contributed by atoms with Crippen LogP contribution in [0.4, 0.5) is 5.82 Å². The van der Waals surface area contributed by atoms with Gasteiger partial charge in [0.2, 0.25) is 0 Å². The molecular formula is C12H20N4. The van der Waals surface area contributed by atoms with Crippen molar-refractivity contribution in [3.05, 3.63) is 17.6 Å². The van der Waals surface area contributed by atoms with Gasteiger partial charge in [-0.05, 0) is 18.8 Å². The summed E-state index contributed by atoms with van der Waals surface area (Å²) in [6.45, 7) is 6.45. The van der Waals surface area contributed by atoms with Crippen LogP contribution in [0.1, 0.15) is 45.1 Å². The van der Waals surface area contributed by atoms with E-state index >= 15 is 0 Å². The predicted octanol–water partition coefficient (Wildman–Crippen LogP) is 2.01. The van der Waals surface area contributed by atoms with Crippen molar-refractivity contribution in [3.63, 3.8) is 0 Å². The molecule has 0 aliphatic heterocycles. The van der Waals surface area contributed by atoms with Crippen LogP contribution in [0.25, 0.3) is 0 Å². The molecule has 0 spiro atoms. The molecule has 0 saturated heterocycles. The van der Waals surface area contributed by atoms with Crippen LogP contribution in [0.2, 0.25) is 0 Å². The molecule has 0 radical (unpaired) electrons. The standard InChI is InChI=1S/C12H20N4/c1-12(2,3)9-7-11(16-13)15-10(14-9)6-8-4-5-8/h7-8H,4-6,13H2,1-3H3,(H,14,15,16). The monoisotopic (exact) mass is 220 g/mol. The average Bonchev–Trinajstić information content (AvgIpc) is 3.00. The highest BCUT2D eigenvalue weighted by atomic mass is 15.3. The molecule has 0 unspecified atom stereocenters. The first-order chi connectivity index (χ1) is 7.49. The third-order valence-electron chi connectivity index (χ3n) is 2.86. The van der Waals surface area contributed by atoms with Gasteiger partial charge < -0.3 is 5.43 Å². The van der Waals surface area contributed by atoms with Gasteiger partial charge in [-0.15, -0.1) is 0 Å². The normalized spacial score (nSPS) is 16.2. The Morgan fingerprint density at radius 3 is 2.56 bits per heavy atom. The molecule has 16 heavy (non-hydrogen) atoms. The third-order valence-corrected chi connectivity index (χ3v) is 2.86. The number of nitrogens with one attached hydrogen (secondary N) is 1. The van der Waals surface area contributed by atoms with Crippen LogP contribution in [0.5, 0.6) is 0 Å². The smallest absolute Gasteiger partial charge is 0.143 e. The van der Waals surface area contributed by atoms with Crippen molar-refractivity contribution in [3.8, 4) is 0 Å². The van der Waals surface area contributed by atoms with Crippen molar-refractivity contribution in [1.29, 1.82) is 0 Å². The number of nitrogens with two attached hydrogens (primary N) is 1. The molecule has 2 rings (SSSR count). The summed E-state index contributed by atoms with van der Waals surface area (Å²) in [7, 11) is 0. The number of nitrogens with zero attached hydrogens (tertiary/aromatic N) is 2. The fraction of sp³-hybridized carbons (Fsp3) is 0.667. The molecule has 1 fully saturated rings. The summed E-state index contributed by atoms with van der Waals surface area (Å²) in [5.41, 5.74) is 3.70. The van der Waals surface area contributed by atoms with Crippen molar-refractivity contribution < 1.29 is 0 Å². The second-order valence-corrected chi connectivity index (χ2v) is 5.60. The maximum atomic E-state index is 5.44. The summed E-state index contributed by atoms with van der Waals surface area (Å²) in [5.74, 6) is 7.87. The molecule has 1 aliphatic rings. The van der Waals surface area contributed by atoms with E-state index in [0.717, 1.165) is 29.7 Å². The van der Waals surface area contributed by atoms with Gasteiger partial charge in [-0.3, -0.25) is 0 Å². The summed E-state index contributed by atoms with van der Waals surface area (Å²) in [5, 5.41) is 0. The van der Waals surface area contributed by atoms with E-state index in [4.69, 9.17) is 5.84 Å². The van der Waals surface area contributed by atoms with Gasteiger partial charge in [0.15, 0.2) is 0 Å². The summed E-state index contributed by atoms with van der Waals surface area (Å²) in [4.78, 5) is 9.02. The zero-order chi connectivity index (χ0) is 11.8. The minimum absolute atomic E-state index is 0.0346.